The van der Waals surface area contributed by atoms with Crippen LogP contribution in [0.2, 0.25) is 10.0 Å². The minimum atomic E-state index is -4.62. The molecule has 9 nitrogen and oxygen atoms in total. The summed E-state index contributed by atoms with van der Waals surface area (Å²) in [6.07, 6.45) is 0. The number of anilines is 1. The summed E-state index contributed by atoms with van der Waals surface area (Å²) in [7, 11) is -3.19. The molecule has 0 fully saturated rings. The quantitative estimate of drug-likeness (QED) is 0.203. The van der Waals surface area contributed by atoms with Gasteiger partial charge in [0.2, 0.25) is 0 Å². The van der Waals surface area contributed by atoms with Gasteiger partial charge in [-0.1, -0.05) is 53.2 Å². The maximum Gasteiger partial charge on any atom is 1.00 e. The first-order chi connectivity index (χ1) is 17.5. The van der Waals surface area contributed by atoms with Crippen molar-refractivity contribution in [3.8, 4) is 11.5 Å². The van der Waals surface area contributed by atoms with Crippen LogP contribution in [0.1, 0.15) is 15.9 Å². The Balaban J connectivity index is 0.00000400. The van der Waals surface area contributed by atoms with Crippen LogP contribution in [0.4, 0.5) is 17.1 Å². The number of halogens is 2. The molecule has 0 aliphatic rings. The molecular weight excluding hydrogens is 564 g/mol. The first kappa shape index (κ1) is 29.9. The van der Waals surface area contributed by atoms with E-state index in [2.05, 4.69) is 15.5 Å². The predicted octanol–water partition coefficient (Wildman–Crippen LogP) is 3.46. The average Bonchev–Trinajstić information content (AvgIpc) is 2.83. The van der Waals surface area contributed by atoms with Gasteiger partial charge in [0.15, 0.2) is 0 Å². The third-order valence-corrected chi connectivity index (χ3v) is 6.97. The van der Waals surface area contributed by atoms with Crippen LogP contribution in [0.3, 0.4) is 0 Å². The number of benzene rings is 4. The summed E-state index contributed by atoms with van der Waals surface area (Å²) >= 11 is 12.0. The number of rotatable bonds is 6. The first-order valence-corrected chi connectivity index (χ1v) is 12.8. The van der Waals surface area contributed by atoms with Crippen molar-refractivity contribution < 1.29 is 57.2 Å². The number of carbonyl (C=O) groups excluding carboxylic acids is 1. The van der Waals surface area contributed by atoms with E-state index in [-0.39, 0.29) is 57.2 Å². The van der Waals surface area contributed by atoms with Crippen molar-refractivity contribution in [2.24, 2.45) is 10.2 Å². The van der Waals surface area contributed by atoms with Gasteiger partial charge in [-0.25, -0.2) is 0 Å². The van der Waals surface area contributed by atoms with Crippen molar-refractivity contribution in [2.75, 3.05) is 12.4 Å². The maximum atomic E-state index is 13.4. The fraction of sp³-hybridized carbons (Fsp3) is 0.0800. The molecule has 0 radical (unpaired) electrons. The molecule has 13 heteroatoms. The fourth-order valence-corrected chi connectivity index (χ4v) is 4.85. The topological polar surface area (TPSA) is 140 Å². The van der Waals surface area contributed by atoms with Crippen LogP contribution in [-0.2, 0) is 10.1 Å². The Kier molecular flexibility index (Phi) is 9.43. The Morgan fingerprint density at radius 1 is 1.05 bits per heavy atom. The van der Waals surface area contributed by atoms with Gasteiger partial charge in [-0.15, -0.1) is 0 Å². The van der Waals surface area contributed by atoms with E-state index in [9.17, 15) is 22.9 Å². The largest absolute Gasteiger partial charge is 1.00 e. The number of azo groups is 1. The Morgan fingerprint density at radius 3 is 2.45 bits per heavy atom. The van der Waals surface area contributed by atoms with Crippen LogP contribution in [0.5, 0.6) is 11.5 Å². The minimum Gasteiger partial charge on any atom is -0.870 e. The second-order valence-electron chi connectivity index (χ2n) is 7.87. The van der Waals surface area contributed by atoms with Crippen LogP contribution >= 0.6 is 23.2 Å². The predicted molar refractivity (Wildman–Crippen MR) is 140 cm³/mol. The number of ether oxygens (including phenoxy) is 1. The summed E-state index contributed by atoms with van der Waals surface area (Å²) in [4.78, 5) is 12.6. The fourth-order valence-electron chi connectivity index (χ4n) is 3.60. The molecule has 0 saturated carbocycles. The molecule has 0 aliphatic heterocycles. The maximum absolute atomic E-state index is 13.4. The van der Waals surface area contributed by atoms with E-state index in [0.29, 0.717) is 27.1 Å². The van der Waals surface area contributed by atoms with Crippen molar-refractivity contribution in [1.29, 1.82) is 0 Å². The zero-order chi connectivity index (χ0) is 26.9. The third kappa shape index (κ3) is 6.29. The molecule has 4 rings (SSSR count). The van der Waals surface area contributed by atoms with Gasteiger partial charge in [-0.05, 0) is 54.3 Å². The van der Waals surface area contributed by atoms with Gasteiger partial charge in [0.05, 0.1) is 29.2 Å². The second-order valence-corrected chi connectivity index (χ2v) is 10.1. The number of hydrogen-bond donors (Lipinski definition) is 2. The van der Waals surface area contributed by atoms with Crippen LogP contribution in [0.25, 0.3) is 10.8 Å². The van der Waals surface area contributed by atoms with E-state index in [1.165, 1.54) is 25.3 Å². The summed E-state index contributed by atoms with van der Waals surface area (Å²) in [5, 5.41) is 25.3. The molecule has 38 heavy (non-hydrogen) atoms. The summed E-state index contributed by atoms with van der Waals surface area (Å²) in [5.41, 5.74) is 0.425. The zero-order valence-electron chi connectivity index (χ0n) is 20.3. The number of aryl methyl sites for hydroxylation is 1. The number of hydrogen-bond acceptors (Lipinski definition) is 7. The van der Waals surface area contributed by atoms with E-state index in [1.54, 1.807) is 43.3 Å². The molecule has 0 heterocycles. The monoisotopic (exact) mass is 581 g/mol. The van der Waals surface area contributed by atoms with Crippen LogP contribution in [0.15, 0.2) is 75.8 Å². The molecule has 1 amide bonds. The Bertz CT molecular complexity index is 1700. The summed E-state index contributed by atoms with van der Waals surface area (Å²) in [6.45, 7) is 1.60. The Morgan fingerprint density at radius 2 is 1.76 bits per heavy atom. The first-order valence-electron chi connectivity index (χ1n) is 10.6. The van der Waals surface area contributed by atoms with Crippen LogP contribution in [-0.4, -0.2) is 26.0 Å². The van der Waals surface area contributed by atoms with Gasteiger partial charge in [0, 0.05) is 16.0 Å². The van der Waals surface area contributed by atoms with Crippen LogP contribution in [0, 0.1) is 6.92 Å². The van der Waals surface area contributed by atoms with Gasteiger partial charge in [0.1, 0.15) is 10.6 Å². The molecule has 4 aromatic carbocycles. The van der Waals surface area contributed by atoms with Crippen molar-refractivity contribution in [3.63, 3.8) is 0 Å². The molecule has 0 aromatic heterocycles. The number of amides is 1. The number of carbonyl (C=O) groups is 1. The molecule has 190 valence electrons. The third-order valence-electron chi connectivity index (χ3n) is 5.42. The molecular formula is C25H18Cl2N3NaO6S. The molecule has 0 spiro atoms. The number of fused-ring (bicyclic) bond motifs is 1. The van der Waals surface area contributed by atoms with E-state index in [4.69, 9.17) is 27.9 Å². The van der Waals surface area contributed by atoms with Crippen molar-refractivity contribution in [3.05, 3.63) is 81.8 Å². The van der Waals surface area contributed by atoms with Crippen LogP contribution < -0.4 is 44.7 Å². The van der Waals surface area contributed by atoms with Gasteiger partial charge in [0.25, 0.3) is 16.0 Å². The number of nitrogens with zero attached hydrogens (tertiary/aromatic N) is 2. The Hall–Kier alpha value is -2.70. The van der Waals surface area contributed by atoms with Crippen molar-refractivity contribution in [1.82, 2.24) is 0 Å². The Labute approximate surface area is 250 Å². The molecule has 0 bridgehead atoms. The number of methoxy groups -OCH3 is 1. The van der Waals surface area contributed by atoms with Gasteiger partial charge < -0.3 is 15.2 Å². The molecule has 0 unspecified atom stereocenters. The second kappa shape index (κ2) is 12.0. The summed E-state index contributed by atoms with van der Waals surface area (Å²) < 4.78 is 38.0. The van der Waals surface area contributed by atoms with Gasteiger partial charge in [-0.3, -0.25) is 9.35 Å². The molecule has 0 saturated heterocycles. The van der Waals surface area contributed by atoms with Crippen molar-refractivity contribution in [2.45, 2.75) is 11.8 Å². The standard InChI is InChI=1S/C25H19Cl2N3O6S.Na/c1-13-9-18(27)22(37(33,34)35)12-19(13)29-30-23-16-6-4-3-5-14(16)10-17(24(23)31)25(32)28-20-11-15(26)7-8-21(20)36-2;/h3-12,31H,1-2H3,(H,28,32)(H,33,34,35);/q;+1/p-1. The van der Waals surface area contributed by atoms with E-state index in [1.807, 2.05) is 0 Å². The van der Waals surface area contributed by atoms with E-state index < -0.39 is 26.7 Å². The molecule has 0 atom stereocenters. The normalized spacial score (nSPS) is 11.4. The SMILES string of the molecule is COc1ccc(Cl)cc1NC(=O)c1cc2ccccc2c(N=Nc2cc(S(=O)(=O)O)c(Cl)cc2C)c1[O-].[Na+]. The molecule has 4 aromatic rings. The zero-order valence-corrected chi connectivity index (χ0v) is 24.6. The average molecular weight is 582 g/mol. The molecule has 2 N–H and O–H groups in total. The van der Waals surface area contributed by atoms with E-state index in [0.717, 1.165) is 6.07 Å². The summed E-state index contributed by atoms with van der Waals surface area (Å²) in [5.74, 6) is -1.08. The number of nitrogens with one attached hydrogen (secondary N) is 1. The summed E-state index contributed by atoms with van der Waals surface area (Å²) in [6, 6.07) is 15.2. The van der Waals surface area contributed by atoms with Crippen molar-refractivity contribution >= 4 is 67.1 Å². The molecule has 0 aliphatic carbocycles. The van der Waals surface area contributed by atoms with E-state index >= 15 is 0 Å². The minimum absolute atomic E-state index is 0. The van der Waals surface area contributed by atoms with Gasteiger partial charge in [-0.2, -0.15) is 18.6 Å². The van der Waals surface area contributed by atoms with Gasteiger partial charge >= 0.3 is 29.6 Å². The smallest absolute Gasteiger partial charge is 0.870 e.